The van der Waals surface area contributed by atoms with Gasteiger partial charge >= 0.3 is 0 Å². The highest BCUT2D eigenvalue weighted by Gasteiger charge is 2.01. The zero-order chi connectivity index (χ0) is 16.3. The second kappa shape index (κ2) is 12.2. The summed E-state index contributed by atoms with van der Waals surface area (Å²) < 4.78 is 0. The van der Waals surface area contributed by atoms with Gasteiger partial charge in [0.05, 0.1) is 4.92 Å². The first-order chi connectivity index (χ1) is 9.86. The number of nitrogens with two attached hydrogens (primary N) is 2. The Bertz CT molecular complexity index is 492. The van der Waals surface area contributed by atoms with Crippen molar-refractivity contribution in [2.75, 3.05) is 6.54 Å². The highest BCUT2D eigenvalue weighted by molar-refractivity contribution is 5.95. The SMILES string of the molecule is CCCCN=C(N)NC(=N)N.Cl.O=[N+]([O-])c1ccc(O)cc1. The van der Waals surface area contributed by atoms with E-state index in [0.29, 0.717) is 6.54 Å². The number of phenols is 1. The van der Waals surface area contributed by atoms with Crippen LogP contribution < -0.4 is 16.8 Å². The number of aliphatic imine (C=N–C) groups is 1. The van der Waals surface area contributed by atoms with E-state index >= 15 is 0 Å². The van der Waals surface area contributed by atoms with Crippen LogP contribution in [0.25, 0.3) is 0 Å². The van der Waals surface area contributed by atoms with Gasteiger partial charge < -0.3 is 16.6 Å². The van der Waals surface area contributed by atoms with Crippen molar-refractivity contribution in [3.8, 4) is 5.75 Å². The number of non-ortho nitro benzene ring substituents is 1. The lowest BCUT2D eigenvalue weighted by molar-refractivity contribution is -0.384. The van der Waals surface area contributed by atoms with Gasteiger partial charge in [-0.2, -0.15) is 0 Å². The summed E-state index contributed by atoms with van der Waals surface area (Å²) in [5.74, 6) is 0.0688. The van der Waals surface area contributed by atoms with Gasteiger partial charge in [-0.1, -0.05) is 13.3 Å². The molecular formula is C12H21ClN6O3. The second-order valence-electron chi connectivity index (χ2n) is 3.93. The summed E-state index contributed by atoms with van der Waals surface area (Å²) in [5, 5.41) is 28.0. The number of unbranched alkanes of at least 4 members (excludes halogenated alkanes) is 1. The third-order valence-corrected chi connectivity index (χ3v) is 2.12. The molecule has 22 heavy (non-hydrogen) atoms. The Balaban J connectivity index is 0. The fourth-order valence-electron chi connectivity index (χ4n) is 1.11. The van der Waals surface area contributed by atoms with E-state index in [0.717, 1.165) is 12.8 Å². The Hall–Kier alpha value is -2.55. The Morgan fingerprint density at radius 1 is 1.41 bits per heavy atom. The summed E-state index contributed by atoms with van der Waals surface area (Å²) >= 11 is 0. The zero-order valence-corrected chi connectivity index (χ0v) is 13.0. The molecule has 0 bridgehead atoms. The first-order valence-electron chi connectivity index (χ1n) is 6.21. The third kappa shape index (κ3) is 11.3. The molecule has 1 aromatic carbocycles. The van der Waals surface area contributed by atoms with Gasteiger partial charge in [0.25, 0.3) is 5.69 Å². The molecule has 0 radical (unpaired) electrons. The van der Waals surface area contributed by atoms with Gasteiger partial charge in [0, 0.05) is 18.7 Å². The standard InChI is InChI=1S/C6H15N5.C6H5NO3.ClH/c1-2-3-4-10-6(9)11-5(7)8;8-6-3-1-5(2-4-6)7(9)10;/h2-4H2,1H3,(H6,7,8,9,10,11);1-4,8H;1H. The quantitative estimate of drug-likeness (QED) is 0.183. The molecule has 0 saturated heterocycles. The van der Waals surface area contributed by atoms with Crippen molar-refractivity contribution < 1.29 is 10.0 Å². The molecule has 0 saturated carbocycles. The minimum absolute atomic E-state index is 0. The maximum absolute atomic E-state index is 10.0. The van der Waals surface area contributed by atoms with Gasteiger partial charge in [-0.3, -0.25) is 25.8 Å². The Morgan fingerprint density at radius 3 is 2.36 bits per heavy atom. The smallest absolute Gasteiger partial charge is 0.269 e. The van der Waals surface area contributed by atoms with E-state index in [-0.39, 0.29) is 35.8 Å². The third-order valence-electron chi connectivity index (χ3n) is 2.12. The topological polar surface area (TPSA) is 164 Å². The number of nitrogens with zero attached hydrogens (tertiary/aromatic N) is 2. The average molecular weight is 333 g/mol. The summed E-state index contributed by atoms with van der Waals surface area (Å²) in [5.41, 5.74) is 10.3. The number of benzene rings is 1. The number of hydrogen-bond donors (Lipinski definition) is 5. The van der Waals surface area contributed by atoms with E-state index in [1.807, 2.05) is 0 Å². The number of nitro groups is 1. The van der Waals surface area contributed by atoms with Crippen molar-refractivity contribution >= 4 is 30.0 Å². The van der Waals surface area contributed by atoms with Crippen LogP contribution in [0, 0.1) is 15.5 Å². The number of nitrogens with one attached hydrogen (secondary N) is 2. The van der Waals surface area contributed by atoms with Gasteiger partial charge in [0.2, 0.25) is 0 Å². The lowest BCUT2D eigenvalue weighted by atomic mass is 10.3. The molecule has 1 rings (SSSR count). The molecule has 0 aromatic heterocycles. The molecular weight excluding hydrogens is 312 g/mol. The normalized spacial score (nSPS) is 9.77. The molecule has 0 spiro atoms. The fraction of sp³-hybridized carbons (Fsp3) is 0.333. The van der Waals surface area contributed by atoms with Crippen molar-refractivity contribution in [2.45, 2.75) is 19.8 Å². The van der Waals surface area contributed by atoms with Gasteiger partial charge in [0.1, 0.15) is 5.75 Å². The first-order valence-corrected chi connectivity index (χ1v) is 6.21. The van der Waals surface area contributed by atoms with Crippen LogP contribution in [0.15, 0.2) is 29.3 Å². The van der Waals surface area contributed by atoms with Crippen molar-refractivity contribution in [3.05, 3.63) is 34.4 Å². The predicted molar refractivity (Wildman–Crippen MR) is 88.5 cm³/mol. The van der Waals surface area contributed by atoms with Crippen molar-refractivity contribution in [2.24, 2.45) is 16.5 Å². The fourth-order valence-corrected chi connectivity index (χ4v) is 1.11. The molecule has 0 fully saturated rings. The van der Waals surface area contributed by atoms with E-state index in [9.17, 15) is 10.1 Å². The van der Waals surface area contributed by atoms with Crippen molar-refractivity contribution in [3.63, 3.8) is 0 Å². The number of rotatable bonds is 4. The molecule has 0 unspecified atom stereocenters. The van der Waals surface area contributed by atoms with E-state index in [1.54, 1.807) is 0 Å². The van der Waals surface area contributed by atoms with Crippen LogP contribution >= 0.6 is 12.4 Å². The summed E-state index contributed by atoms with van der Waals surface area (Å²) in [7, 11) is 0. The minimum Gasteiger partial charge on any atom is -0.508 e. The molecule has 0 aliphatic rings. The lowest BCUT2D eigenvalue weighted by Gasteiger charge is -2.00. The molecule has 124 valence electrons. The maximum atomic E-state index is 10.0. The van der Waals surface area contributed by atoms with Crippen LogP contribution in [0.2, 0.25) is 0 Å². The lowest BCUT2D eigenvalue weighted by Crippen LogP contribution is -2.40. The van der Waals surface area contributed by atoms with Crippen LogP contribution in [-0.4, -0.2) is 28.5 Å². The van der Waals surface area contributed by atoms with Crippen LogP contribution in [0.3, 0.4) is 0 Å². The van der Waals surface area contributed by atoms with Crippen LogP contribution in [0.1, 0.15) is 19.8 Å². The number of halogens is 1. The van der Waals surface area contributed by atoms with Gasteiger partial charge in [-0.25, -0.2) is 0 Å². The van der Waals surface area contributed by atoms with Gasteiger partial charge in [-0.05, 0) is 18.6 Å². The molecule has 0 aliphatic carbocycles. The Kier molecular flexibility index (Phi) is 12.1. The molecule has 0 amide bonds. The summed E-state index contributed by atoms with van der Waals surface area (Å²) in [6.07, 6.45) is 2.08. The molecule has 0 atom stereocenters. The van der Waals surface area contributed by atoms with Crippen molar-refractivity contribution in [1.82, 2.24) is 5.32 Å². The number of guanidine groups is 2. The largest absolute Gasteiger partial charge is 0.508 e. The van der Waals surface area contributed by atoms with E-state index < -0.39 is 4.92 Å². The Morgan fingerprint density at radius 2 is 1.95 bits per heavy atom. The second-order valence-corrected chi connectivity index (χ2v) is 3.93. The highest BCUT2D eigenvalue weighted by atomic mass is 35.5. The van der Waals surface area contributed by atoms with Gasteiger partial charge in [0.15, 0.2) is 11.9 Å². The maximum Gasteiger partial charge on any atom is 0.269 e. The summed E-state index contributed by atoms with van der Waals surface area (Å²) in [6, 6.07) is 5.04. The van der Waals surface area contributed by atoms with E-state index in [4.69, 9.17) is 22.0 Å². The first kappa shape index (κ1) is 21.7. The van der Waals surface area contributed by atoms with Crippen molar-refractivity contribution in [1.29, 1.82) is 5.41 Å². The molecule has 9 nitrogen and oxygen atoms in total. The average Bonchev–Trinajstić information content (AvgIpc) is 2.39. The highest BCUT2D eigenvalue weighted by Crippen LogP contribution is 2.14. The minimum atomic E-state index is -0.514. The van der Waals surface area contributed by atoms with E-state index in [2.05, 4.69) is 17.2 Å². The molecule has 0 aliphatic heterocycles. The molecule has 10 heteroatoms. The monoisotopic (exact) mass is 332 g/mol. The number of hydrogen-bond acceptors (Lipinski definition) is 5. The predicted octanol–water partition coefficient (Wildman–Crippen LogP) is 1.31. The van der Waals surface area contributed by atoms with Crippen LogP contribution in [-0.2, 0) is 0 Å². The van der Waals surface area contributed by atoms with E-state index in [1.165, 1.54) is 24.3 Å². The molecule has 1 aromatic rings. The number of phenolic OH excluding ortho intramolecular Hbond substituents is 1. The zero-order valence-electron chi connectivity index (χ0n) is 12.2. The number of aromatic hydroxyl groups is 1. The van der Waals surface area contributed by atoms with Crippen LogP contribution in [0.5, 0.6) is 5.75 Å². The summed E-state index contributed by atoms with van der Waals surface area (Å²) in [6.45, 7) is 2.76. The van der Waals surface area contributed by atoms with Gasteiger partial charge in [-0.15, -0.1) is 12.4 Å². The molecule has 7 N–H and O–H groups in total. The van der Waals surface area contributed by atoms with Crippen LogP contribution in [0.4, 0.5) is 5.69 Å². The Labute approximate surface area is 134 Å². The number of nitro benzene ring substituents is 1. The molecule has 0 heterocycles. The summed E-state index contributed by atoms with van der Waals surface area (Å²) in [4.78, 5) is 13.4.